The molecule has 2 heteroatoms. The third kappa shape index (κ3) is 1.06. The lowest BCUT2D eigenvalue weighted by molar-refractivity contribution is 0.415. The molecule has 0 aliphatic carbocycles. The van der Waals surface area contributed by atoms with E-state index in [1.54, 1.807) is 0 Å². The molecule has 0 radical (unpaired) electrons. The van der Waals surface area contributed by atoms with Gasteiger partial charge in [-0.25, -0.2) is 4.98 Å². The minimum atomic E-state index is 0.672. The van der Waals surface area contributed by atoms with Gasteiger partial charge in [-0.1, -0.05) is 6.92 Å². The van der Waals surface area contributed by atoms with Gasteiger partial charge in [0.2, 0.25) is 0 Å². The van der Waals surface area contributed by atoms with Crippen molar-refractivity contribution in [3.8, 4) is 0 Å². The molecule has 0 saturated carbocycles. The van der Waals surface area contributed by atoms with E-state index in [0.717, 1.165) is 6.42 Å². The molecule has 0 amide bonds. The molecule has 1 unspecified atom stereocenters. The smallest absolute Gasteiger partial charge is 0.109 e. The first-order valence-electron chi connectivity index (χ1n) is 4.88. The summed E-state index contributed by atoms with van der Waals surface area (Å²) in [5, 5.41) is 0. The van der Waals surface area contributed by atoms with E-state index >= 15 is 0 Å². The molecular formula is C10H16N2. The van der Waals surface area contributed by atoms with E-state index in [0.29, 0.717) is 6.04 Å². The number of aryl methyl sites for hydroxylation is 2. The summed E-state index contributed by atoms with van der Waals surface area (Å²) in [5.41, 5.74) is 1.40. The van der Waals surface area contributed by atoms with E-state index in [-0.39, 0.29) is 0 Å². The number of imidazole rings is 1. The van der Waals surface area contributed by atoms with Gasteiger partial charge < -0.3 is 4.57 Å². The number of nitrogens with zero attached hydrogens (tertiary/aromatic N) is 2. The molecule has 0 spiro atoms. The standard InChI is InChI=1S/C10H16N2/c1-3-9-7-11-10-6-4-5-8(2)12(9)10/h7-8H,3-6H2,1-2H3. The molecule has 0 aromatic carbocycles. The third-order valence-corrected chi connectivity index (χ3v) is 2.78. The number of fused-ring (bicyclic) bond motifs is 1. The second kappa shape index (κ2) is 2.92. The van der Waals surface area contributed by atoms with Crippen LogP contribution in [0.4, 0.5) is 0 Å². The molecule has 0 fully saturated rings. The molecule has 2 rings (SSSR count). The van der Waals surface area contributed by atoms with E-state index < -0.39 is 0 Å². The van der Waals surface area contributed by atoms with Gasteiger partial charge in [-0.05, 0) is 26.2 Å². The lowest BCUT2D eigenvalue weighted by Gasteiger charge is -2.23. The summed E-state index contributed by atoms with van der Waals surface area (Å²) in [6, 6.07) is 0.672. The van der Waals surface area contributed by atoms with Crippen molar-refractivity contribution in [3.05, 3.63) is 17.7 Å². The molecule has 0 saturated heterocycles. The van der Waals surface area contributed by atoms with E-state index in [2.05, 4.69) is 23.4 Å². The summed E-state index contributed by atoms with van der Waals surface area (Å²) in [6.07, 6.45) is 6.94. The molecule has 12 heavy (non-hydrogen) atoms. The van der Waals surface area contributed by atoms with Gasteiger partial charge in [0.05, 0.1) is 0 Å². The van der Waals surface area contributed by atoms with Crippen LogP contribution < -0.4 is 0 Å². The lowest BCUT2D eigenvalue weighted by atomic mass is 10.1. The van der Waals surface area contributed by atoms with Gasteiger partial charge in [-0.2, -0.15) is 0 Å². The van der Waals surface area contributed by atoms with Crippen molar-refractivity contribution in [2.45, 2.75) is 45.6 Å². The molecule has 1 aromatic rings. The van der Waals surface area contributed by atoms with Crippen LogP contribution in [0.2, 0.25) is 0 Å². The van der Waals surface area contributed by atoms with Gasteiger partial charge in [0.25, 0.3) is 0 Å². The highest BCUT2D eigenvalue weighted by molar-refractivity contribution is 5.09. The van der Waals surface area contributed by atoms with E-state index in [9.17, 15) is 0 Å². The summed E-state index contributed by atoms with van der Waals surface area (Å²) < 4.78 is 2.42. The maximum absolute atomic E-state index is 4.44. The van der Waals surface area contributed by atoms with Gasteiger partial charge in [0.15, 0.2) is 0 Å². The van der Waals surface area contributed by atoms with Crippen LogP contribution in [0.15, 0.2) is 6.20 Å². The average molecular weight is 164 g/mol. The Bertz CT molecular complexity index is 262. The van der Waals surface area contributed by atoms with Gasteiger partial charge in [0, 0.05) is 24.4 Å². The fourth-order valence-corrected chi connectivity index (χ4v) is 2.11. The van der Waals surface area contributed by atoms with Gasteiger partial charge in [-0.15, -0.1) is 0 Å². The molecule has 66 valence electrons. The van der Waals surface area contributed by atoms with Crippen molar-refractivity contribution in [1.29, 1.82) is 0 Å². The minimum Gasteiger partial charge on any atom is -0.329 e. The Kier molecular flexibility index (Phi) is 1.91. The average Bonchev–Trinajstić information content (AvgIpc) is 2.49. The highest BCUT2D eigenvalue weighted by atomic mass is 15.1. The molecule has 1 aromatic heterocycles. The zero-order valence-electron chi connectivity index (χ0n) is 7.88. The topological polar surface area (TPSA) is 17.8 Å². The monoisotopic (exact) mass is 164 g/mol. The van der Waals surface area contributed by atoms with Crippen molar-refractivity contribution in [2.75, 3.05) is 0 Å². The van der Waals surface area contributed by atoms with Gasteiger partial charge >= 0.3 is 0 Å². The third-order valence-electron chi connectivity index (χ3n) is 2.78. The molecule has 1 aliphatic heterocycles. The normalized spacial score (nSPS) is 22.3. The van der Waals surface area contributed by atoms with Crippen molar-refractivity contribution >= 4 is 0 Å². The van der Waals surface area contributed by atoms with Crippen molar-refractivity contribution < 1.29 is 0 Å². The van der Waals surface area contributed by atoms with Crippen LogP contribution in [-0.2, 0) is 12.8 Å². The molecule has 0 bridgehead atoms. The molecule has 1 atom stereocenters. The number of aromatic nitrogens is 2. The fourth-order valence-electron chi connectivity index (χ4n) is 2.11. The first-order valence-corrected chi connectivity index (χ1v) is 4.88. The minimum absolute atomic E-state index is 0.672. The summed E-state index contributed by atoms with van der Waals surface area (Å²) >= 11 is 0. The number of hydrogen-bond acceptors (Lipinski definition) is 1. The quantitative estimate of drug-likeness (QED) is 0.623. The lowest BCUT2D eigenvalue weighted by Crippen LogP contribution is -2.17. The summed E-state index contributed by atoms with van der Waals surface area (Å²) in [5.74, 6) is 1.30. The van der Waals surface area contributed by atoms with Gasteiger partial charge in [0.1, 0.15) is 5.82 Å². The number of rotatable bonds is 1. The zero-order chi connectivity index (χ0) is 8.55. The predicted octanol–water partition coefficient (Wildman–Crippen LogP) is 2.34. The van der Waals surface area contributed by atoms with E-state index in [1.165, 1.54) is 30.8 Å². The molecule has 0 N–H and O–H groups in total. The first-order chi connectivity index (χ1) is 5.83. The largest absolute Gasteiger partial charge is 0.329 e. The van der Waals surface area contributed by atoms with Crippen molar-refractivity contribution in [1.82, 2.24) is 9.55 Å². The predicted molar refractivity (Wildman–Crippen MR) is 49.3 cm³/mol. The van der Waals surface area contributed by atoms with Crippen LogP contribution >= 0.6 is 0 Å². The second-order valence-electron chi connectivity index (χ2n) is 3.63. The second-order valence-corrected chi connectivity index (χ2v) is 3.63. The Labute approximate surface area is 73.6 Å². The van der Waals surface area contributed by atoms with Crippen LogP contribution in [0.5, 0.6) is 0 Å². The number of hydrogen-bond donors (Lipinski definition) is 0. The Morgan fingerprint density at radius 3 is 3.25 bits per heavy atom. The van der Waals surface area contributed by atoms with Crippen LogP contribution in [0.25, 0.3) is 0 Å². The molecule has 2 heterocycles. The molecule has 1 aliphatic rings. The molecule has 2 nitrogen and oxygen atoms in total. The maximum atomic E-state index is 4.44. The highest BCUT2D eigenvalue weighted by Crippen LogP contribution is 2.25. The Balaban J connectivity index is 2.43. The van der Waals surface area contributed by atoms with Crippen LogP contribution in [-0.4, -0.2) is 9.55 Å². The molecular weight excluding hydrogens is 148 g/mol. The SMILES string of the molecule is CCc1cnc2n1C(C)CCC2. The van der Waals surface area contributed by atoms with Crippen LogP contribution in [0.1, 0.15) is 44.2 Å². The summed E-state index contributed by atoms with van der Waals surface area (Å²) in [7, 11) is 0. The van der Waals surface area contributed by atoms with E-state index in [4.69, 9.17) is 0 Å². The Morgan fingerprint density at radius 1 is 1.67 bits per heavy atom. The Hall–Kier alpha value is -0.790. The van der Waals surface area contributed by atoms with Crippen LogP contribution in [0.3, 0.4) is 0 Å². The first kappa shape index (κ1) is 7.84. The highest BCUT2D eigenvalue weighted by Gasteiger charge is 2.18. The van der Waals surface area contributed by atoms with Gasteiger partial charge in [-0.3, -0.25) is 0 Å². The maximum Gasteiger partial charge on any atom is 0.109 e. The fraction of sp³-hybridized carbons (Fsp3) is 0.700. The zero-order valence-corrected chi connectivity index (χ0v) is 7.88. The summed E-state index contributed by atoms with van der Waals surface area (Å²) in [6.45, 7) is 4.50. The van der Waals surface area contributed by atoms with Crippen LogP contribution in [0, 0.1) is 0 Å². The van der Waals surface area contributed by atoms with Crippen molar-refractivity contribution in [3.63, 3.8) is 0 Å². The Morgan fingerprint density at radius 2 is 2.50 bits per heavy atom. The summed E-state index contributed by atoms with van der Waals surface area (Å²) in [4.78, 5) is 4.44. The van der Waals surface area contributed by atoms with Crippen molar-refractivity contribution in [2.24, 2.45) is 0 Å². The van der Waals surface area contributed by atoms with E-state index in [1.807, 2.05) is 6.20 Å².